The average Bonchev–Trinajstić information content (AvgIpc) is 2.50. The predicted octanol–water partition coefficient (Wildman–Crippen LogP) is 6.38. The van der Waals surface area contributed by atoms with Gasteiger partial charge in [0.15, 0.2) is 0 Å². The first-order valence-corrected chi connectivity index (χ1v) is 8.79. The Morgan fingerprint density at radius 1 is 1.00 bits per heavy atom. The average molecular weight is 325 g/mol. The second-order valence-corrected chi connectivity index (χ2v) is 5.69. The molecule has 0 spiro atoms. The highest BCUT2D eigenvalue weighted by molar-refractivity contribution is 6.32. The van der Waals surface area contributed by atoms with E-state index in [0.717, 1.165) is 31.4 Å². The van der Waals surface area contributed by atoms with Gasteiger partial charge in [0.25, 0.3) is 0 Å². The zero-order chi connectivity index (χ0) is 16.4. The smallest absolute Gasteiger partial charge is 0.141 e. The minimum absolute atomic E-state index is 0.433. The molecule has 0 radical (unpaired) electrons. The molecule has 1 atom stereocenters. The summed E-state index contributed by atoms with van der Waals surface area (Å²) in [7, 11) is 0. The first-order valence-electron chi connectivity index (χ1n) is 8.41. The highest BCUT2D eigenvalue weighted by Crippen LogP contribution is 2.39. The summed E-state index contributed by atoms with van der Waals surface area (Å²) in [6.45, 7) is 9.58. The van der Waals surface area contributed by atoms with Crippen molar-refractivity contribution in [2.45, 2.75) is 59.3 Å². The molecule has 124 valence electrons. The third-order valence-corrected chi connectivity index (χ3v) is 3.86. The summed E-state index contributed by atoms with van der Waals surface area (Å²) in [5.41, 5.74) is 1.19. The monoisotopic (exact) mass is 324 g/mol. The fourth-order valence-corrected chi connectivity index (χ4v) is 2.82. The lowest BCUT2D eigenvalue weighted by Gasteiger charge is -2.20. The Kier molecular flexibility index (Phi) is 9.07. The molecule has 22 heavy (non-hydrogen) atoms. The van der Waals surface area contributed by atoms with Crippen molar-refractivity contribution in [1.82, 2.24) is 0 Å². The number of rotatable bonds is 10. The summed E-state index contributed by atoms with van der Waals surface area (Å²) in [6, 6.07) is 3.97. The van der Waals surface area contributed by atoms with Crippen LogP contribution in [0.5, 0.6) is 11.5 Å². The van der Waals surface area contributed by atoms with E-state index in [1.165, 1.54) is 5.56 Å². The van der Waals surface area contributed by atoms with Crippen molar-refractivity contribution in [3.8, 4) is 11.5 Å². The molecule has 2 nitrogen and oxygen atoms in total. The summed E-state index contributed by atoms with van der Waals surface area (Å²) in [6.07, 6.45) is 8.84. The molecule has 0 aromatic heterocycles. The van der Waals surface area contributed by atoms with Crippen LogP contribution in [0.3, 0.4) is 0 Å². The molecular weight excluding hydrogens is 296 g/mol. The number of ether oxygens (including phenoxy) is 2. The fraction of sp³-hybridized carbons (Fsp3) is 0.579. The highest BCUT2D eigenvalue weighted by Gasteiger charge is 2.18. The van der Waals surface area contributed by atoms with Gasteiger partial charge in [0.2, 0.25) is 0 Å². The van der Waals surface area contributed by atoms with Crippen molar-refractivity contribution in [2.24, 2.45) is 0 Å². The van der Waals surface area contributed by atoms with Crippen LogP contribution in [0, 0.1) is 0 Å². The summed E-state index contributed by atoms with van der Waals surface area (Å²) in [5, 5.41) is 0.667. The van der Waals surface area contributed by atoms with E-state index in [1.54, 1.807) is 0 Å². The second-order valence-electron chi connectivity index (χ2n) is 5.29. The van der Waals surface area contributed by atoms with E-state index in [4.69, 9.17) is 21.1 Å². The second kappa shape index (κ2) is 10.6. The van der Waals surface area contributed by atoms with E-state index in [9.17, 15) is 0 Å². The molecule has 0 aliphatic rings. The van der Waals surface area contributed by atoms with Gasteiger partial charge >= 0.3 is 0 Å². The third kappa shape index (κ3) is 5.57. The molecule has 0 saturated carbocycles. The van der Waals surface area contributed by atoms with Crippen molar-refractivity contribution in [1.29, 1.82) is 0 Å². The van der Waals surface area contributed by atoms with Crippen LogP contribution in [-0.4, -0.2) is 13.2 Å². The molecule has 0 heterocycles. The molecule has 0 saturated heterocycles. The Morgan fingerprint density at radius 3 is 2.27 bits per heavy atom. The van der Waals surface area contributed by atoms with Crippen molar-refractivity contribution >= 4 is 11.6 Å². The minimum Gasteiger partial charge on any atom is -0.493 e. The maximum atomic E-state index is 6.39. The Morgan fingerprint density at radius 2 is 1.68 bits per heavy atom. The molecule has 1 unspecified atom stereocenters. The van der Waals surface area contributed by atoms with Gasteiger partial charge in [-0.25, -0.2) is 0 Å². The quantitative estimate of drug-likeness (QED) is 0.465. The van der Waals surface area contributed by atoms with E-state index in [1.807, 2.05) is 26.0 Å². The van der Waals surface area contributed by atoms with Crippen LogP contribution in [0.15, 0.2) is 24.3 Å². The Hall–Kier alpha value is -1.15. The van der Waals surface area contributed by atoms with Gasteiger partial charge in [0, 0.05) is 6.07 Å². The van der Waals surface area contributed by atoms with Crippen molar-refractivity contribution in [3.05, 3.63) is 34.9 Å². The summed E-state index contributed by atoms with van der Waals surface area (Å²) in [5.74, 6) is 2.04. The summed E-state index contributed by atoms with van der Waals surface area (Å²) in [4.78, 5) is 0. The molecule has 1 rings (SSSR count). The van der Waals surface area contributed by atoms with Gasteiger partial charge in [0.05, 0.1) is 18.2 Å². The SMILES string of the molecule is CC/C=C\CC(CCC)c1cc(Cl)c(OCC)cc1OCC. The van der Waals surface area contributed by atoms with Crippen LogP contribution in [0.25, 0.3) is 0 Å². The van der Waals surface area contributed by atoms with Crippen molar-refractivity contribution in [3.63, 3.8) is 0 Å². The van der Waals surface area contributed by atoms with Gasteiger partial charge < -0.3 is 9.47 Å². The van der Waals surface area contributed by atoms with Crippen LogP contribution >= 0.6 is 11.6 Å². The molecule has 0 bridgehead atoms. The summed E-state index contributed by atoms with van der Waals surface area (Å²) < 4.78 is 11.4. The predicted molar refractivity (Wildman–Crippen MR) is 95.5 cm³/mol. The molecule has 0 aliphatic carbocycles. The number of hydrogen-bond donors (Lipinski definition) is 0. The van der Waals surface area contributed by atoms with Gasteiger partial charge in [-0.2, -0.15) is 0 Å². The topological polar surface area (TPSA) is 18.5 Å². The zero-order valence-corrected chi connectivity index (χ0v) is 15.1. The first kappa shape index (κ1) is 18.9. The van der Waals surface area contributed by atoms with E-state index in [2.05, 4.69) is 26.0 Å². The zero-order valence-electron chi connectivity index (χ0n) is 14.3. The number of allylic oxidation sites excluding steroid dienone is 2. The van der Waals surface area contributed by atoms with Crippen LogP contribution in [-0.2, 0) is 0 Å². The fourth-order valence-electron chi connectivity index (χ4n) is 2.59. The lowest BCUT2D eigenvalue weighted by Crippen LogP contribution is -2.04. The van der Waals surface area contributed by atoms with Crippen LogP contribution < -0.4 is 9.47 Å². The number of benzene rings is 1. The molecule has 0 N–H and O–H groups in total. The van der Waals surface area contributed by atoms with Crippen LogP contribution in [0.2, 0.25) is 5.02 Å². The molecule has 0 amide bonds. The molecular formula is C19H29ClO2. The molecule has 1 aromatic carbocycles. The normalized spacial score (nSPS) is 12.6. The van der Waals surface area contributed by atoms with Crippen molar-refractivity contribution < 1.29 is 9.47 Å². The Bertz CT molecular complexity index is 469. The van der Waals surface area contributed by atoms with Gasteiger partial charge in [-0.05, 0) is 50.7 Å². The standard InChI is InChI=1S/C19H29ClO2/c1-5-9-10-12-15(11-6-2)16-13-17(20)19(22-8-4)14-18(16)21-7-3/h9-10,13-15H,5-8,11-12H2,1-4H3/b10-9-. The van der Waals surface area contributed by atoms with E-state index in [0.29, 0.717) is 29.9 Å². The van der Waals surface area contributed by atoms with E-state index in [-0.39, 0.29) is 0 Å². The number of halogens is 1. The van der Waals surface area contributed by atoms with E-state index >= 15 is 0 Å². The van der Waals surface area contributed by atoms with Gasteiger partial charge in [-0.3, -0.25) is 0 Å². The van der Waals surface area contributed by atoms with Crippen LogP contribution in [0.1, 0.15) is 64.9 Å². The molecule has 1 aromatic rings. The maximum Gasteiger partial charge on any atom is 0.141 e. The van der Waals surface area contributed by atoms with Gasteiger partial charge in [-0.1, -0.05) is 44.0 Å². The summed E-state index contributed by atoms with van der Waals surface area (Å²) >= 11 is 6.39. The largest absolute Gasteiger partial charge is 0.493 e. The lowest BCUT2D eigenvalue weighted by molar-refractivity contribution is 0.318. The van der Waals surface area contributed by atoms with E-state index < -0.39 is 0 Å². The molecule has 3 heteroatoms. The molecule has 0 aliphatic heterocycles. The van der Waals surface area contributed by atoms with Gasteiger partial charge in [-0.15, -0.1) is 0 Å². The van der Waals surface area contributed by atoms with Gasteiger partial charge in [0.1, 0.15) is 11.5 Å². The Labute approximate surface area is 140 Å². The third-order valence-electron chi connectivity index (χ3n) is 3.56. The Balaban J connectivity index is 3.15. The minimum atomic E-state index is 0.433. The van der Waals surface area contributed by atoms with Crippen LogP contribution in [0.4, 0.5) is 0 Å². The highest BCUT2D eigenvalue weighted by atomic mass is 35.5. The first-order chi connectivity index (χ1) is 10.7. The maximum absolute atomic E-state index is 6.39. The lowest BCUT2D eigenvalue weighted by atomic mass is 9.90. The number of hydrogen-bond acceptors (Lipinski definition) is 2. The van der Waals surface area contributed by atoms with Crippen molar-refractivity contribution in [2.75, 3.05) is 13.2 Å². The molecule has 0 fully saturated rings.